The van der Waals surface area contributed by atoms with E-state index in [1.54, 1.807) is 12.3 Å². The van der Waals surface area contributed by atoms with E-state index in [1.165, 1.54) is 0 Å². The van der Waals surface area contributed by atoms with Crippen molar-refractivity contribution in [1.82, 2.24) is 14.9 Å². The van der Waals surface area contributed by atoms with E-state index < -0.39 is 6.17 Å². The van der Waals surface area contributed by atoms with Gasteiger partial charge in [0.1, 0.15) is 31.3 Å². The summed E-state index contributed by atoms with van der Waals surface area (Å²) in [6.45, 7) is 2.66. The first-order valence-electron chi connectivity index (χ1n) is 13.9. The molecule has 4 aliphatic rings. The van der Waals surface area contributed by atoms with Crippen LogP contribution in [0.3, 0.4) is 0 Å². The number of carbonyl (C=O) groups is 1. The molecule has 1 aromatic carbocycles. The Balaban J connectivity index is 1.41. The smallest absolute Gasteiger partial charge is 0.318 e. The number of rotatable bonds is 5. The molecule has 10 nitrogen and oxygen atoms in total. The van der Waals surface area contributed by atoms with Crippen LogP contribution in [-0.4, -0.2) is 65.3 Å². The van der Waals surface area contributed by atoms with Crippen LogP contribution < -0.4 is 21.1 Å². The molecule has 1 unspecified atom stereocenters. The van der Waals surface area contributed by atoms with Crippen LogP contribution >= 0.6 is 0 Å². The summed E-state index contributed by atoms with van der Waals surface area (Å²) in [5.74, 6) is -0.000960. The van der Waals surface area contributed by atoms with Gasteiger partial charge in [-0.05, 0) is 55.5 Å². The number of aryl methyl sites for hydroxylation is 1. The molecular weight excluding hydrogens is 513 g/mol. The van der Waals surface area contributed by atoms with Gasteiger partial charge < -0.3 is 25.8 Å². The van der Waals surface area contributed by atoms with E-state index in [1.807, 2.05) is 17.0 Å². The SMILES string of the molecule is N#Cc1c(N)ccc2c1Cc1nc(OCC34CCCN3C[C@H](F)C4)nc(N3CC(C(N)=O)C3)c1CO/C=C\CC2. The lowest BCUT2D eigenvalue weighted by molar-refractivity contribution is -0.122. The van der Waals surface area contributed by atoms with Gasteiger partial charge in [0, 0.05) is 38.2 Å². The van der Waals surface area contributed by atoms with Crippen molar-refractivity contribution in [3.8, 4) is 12.1 Å². The number of amides is 1. The molecule has 1 aromatic heterocycles. The van der Waals surface area contributed by atoms with Crippen LogP contribution in [0, 0.1) is 17.2 Å². The van der Waals surface area contributed by atoms with Gasteiger partial charge in [0.2, 0.25) is 5.91 Å². The first-order chi connectivity index (χ1) is 19.4. The summed E-state index contributed by atoms with van der Waals surface area (Å²) in [6, 6.07) is 6.21. The molecule has 0 spiro atoms. The third kappa shape index (κ3) is 4.81. The van der Waals surface area contributed by atoms with E-state index in [0.717, 1.165) is 48.9 Å². The molecule has 0 radical (unpaired) electrons. The van der Waals surface area contributed by atoms with Crippen molar-refractivity contribution in [1.29, 1.82) is 5.26 Å². The summed E-state index contributed by atoms with van der Waals surface area (Å²) in [5, 5.41) is 9.99. The Morgan fingerprint density at radius 2 is 2.12 bits per heavy atom. The molecule has 0 bridgehead atoms. The Morgan fingerprint density at radius 1 is 1.27 bits per heavy atom. The number of aromatic nitrogens is 2. The summed E-state index contributed by atoms with van der Waals surface area (Å²) in [7, 11) is 0. The Bertz CT molecular complexity index is 1390. The minimum Gasteiger partial charge on any atom is -0.497 e. The van der Waals surface area contributed by atoms with Gasteiger partial charge >= 0.3 is 6.01 Å². The van der Waals surface area contributed by atoms with Gasteiger partial charge in [-0.2, -0.15) is 15.2 Å². The van der Waals surface area contributed by atoms with Crippen molar-refractivity contribution < 1.29 is 18.7 Å². The number of hydrogen-bond donors (Lipinski definition) is 2. The maximum absolute atomic E-state index is 14.4. The number of nitriles is 1. The molecule has 40 heavy (non-hydrogen) atoms. The summed E-state index contributed by atoms with van der Waals surface area (Å²) in [5.41, 5.74) is 15.5. The highest BCUT2D eigenvalue weighted by molar-refractivity contribution is 5.80. The number of hydrogen-bond acceptors (Lipinski definition) is 9. The number of allylic oxidation sites excluding steroid dienone is 1. The molecule has 2 atom stereocenters. The van der Waals surface area contributed by atoms with Gasteiger partial charge in [-0.3, -0.25) is 9.69 Å². The fraction of sp³-hybridized carbons (Fsp3) is 0.517. The zero-order valence-electron chi connectivity index (χ0n) is 22.4. The van der Waals surface area contributed by atoms with Gasteiger partial charge in [-0.15, -0.1) is 0 Å². The zero-order chi connectivity index (χ0) is 27.9. The van der Waals surface area contributed by atoms with Crippen molar-refractivity contribution in [3.05, 3.63) is 52.4 Å². The van der Waals surface area contributed by atoms with Crippen molar-refractivity contribution in [2.24, 2.45) is 11.7 Å². The van der Waals surface area contributed by atoms with E-state index in [0.29, 0.717) is 61.8 Å². The topological polar surface area (TPSA) is 144 Å². The molecule has 2 aromatic rings. The van der Waals surface area contributed by atoms with Crippen molar-refractivity contribution in [2.45, 2.75) is 56.8 Å². The van der Waals surface area contributed by atoms with Crippen LogP contribution in [0.25, 0.3) is 0 Å². The number of carbonyl (C=O) groups excluding carboxylic acids is 1. The molecule has 11 heteroatoms. The molecule has 0 aliphatic carbocycles. The average Bonchev–Trinajstić information content (AvgIpc) is 3.40. The maximum Gasteiger partial charge on any atom is 0.318 e. The molecule has 0 saturated carbocycles. The van der Waals surface area contributed by atoms with Crippen LogP contribution in [-0.2, 0) is 29.0 Å². The standard InChI is InChI=1S/C29H34FN7O3/c30-20-11-29(7-3-8-37(29)15-20)17-40-28-34-25-10-21-18(5-6-24(32)22(21)12-31)4-1-2-9-39-16-23(25)27(35-28)36-13-19(14-36)26(33)38/h2,5-6,9,19-20H,1,3-4,7-8,10-11,13-17,32H2,(H2,33,38)/b9-2-/t20-,29?/m1/s1. The Hall–Kier alpha value is -3.91. The number of halogens is 1. The highest BCUT2D eigenvalue weighted by Gasteiger charge is 2.49. The fourth-order valence-electron chi connectivity index (χ4n) is 6.55. The average molecular weight is 548 g/mol. The number of alkyl halides is 1. The summed E-state index contributed by atoms with van der Waals surface area (Å²) in [4.78, 5) is 25.6. The number of fused-ring (bicyclic) bond motifs is 3. The van der Waals surface area contributed by atoms with Crippen LogP contribution in [0.15, 0.2) is 24.5 Å². The molecule has 6 rings (SSSR count). The number of benzene rings is 1. The lowest BCUT2D eigenvalue weighted by Gasteiger charge is -2.39. The second-order valence-electron chi connectivity index (χ2n) is 11.3. The first kappa shape index (κ1) is 26.3. The van der Waals surface area contributed by atoms with Gasteiger partial charge in [0.15, 0.2) is 0 Å². The fourth-order valence-corrected chi connectivity index (χ4v) is 6.55. The van der Waals surface area contributed by atoms with Gasteiger partial charge in [0.25, 0.3) is 0 Å². The Labute approximate surface area is 232 Å². The monoisotopic (exact) mass is 547 g/mol. The normalized spacial score (nSPS) is 25.4. The molecule has 5 heterocycles. The Morgan fingerprint density at radius 3 is 2.92 bits per heavy atom. The molecule has 4 aliphatic heterocycles. The lowest BCUT2D eigenvalue weighted by Crippen LogP contribution is -2.53. The zero-order valence-corrected chi connectivity index (χ0v) is 22.4. The number of anilines is 2. The summed E-state index contributed by atoms with van der Waals surface area (Å²) >= 11 is 0. The number of nitrogens with zero attached hydrogens (tertiary/aromatic N) is 5. The van der Waals surface area contributed by atoms with Crippen LogP contribution in [0.1, 0.15) is 53.6 Å². The number of ether oxygens (including phenoxy) is 2. The lowest BCUT2D eigenvalue weighted by atomic mass is 9.92. The van der Waals surface area contributed by atoms with E-state index in [9.17, 15) is 14.4 Å². The predicted octanol–water partition coefficient (Wildman–Crippen LogP) is 2.37. The summed E-state index contributed by atoms with van der Waals surface area (Å²) in [6.07, 6.45) is 6.88. The molecule has 1 amide bonds. The minimum absolute atomic E-state index is 0.189. The Kier molecular flexibility index (Phi) is 6.96. The minimum atomic E-state index is -0.865. The van der Waals surface area contributed by atoms with Gasteiger partial charge in [-0.25, -0.2) is 4.39 Å². The van der Waals surface area contributed by atoms with Gasteiger partial charge in [0.05, 0.1) is 34.5 Å². The number of nitrogens with two attached hydrogens (primary N) is 2. The second-order valence-corrected chi connectivity index (χ2v) is 11.3. The summed E-state index contributed by atoms with van der Waals surface area (Å²) < 4.78 is 26.5. The van der Waals surface area contributed by atoms with Crippen molar-refractivity contribution in [3.63, 3.8) is 0 Å². The molecule has 4 N–H and O–H groups in total. The predicted molar refractivity (Wildman–Crippen MR) is 146 cm³/mol. The molecular formula is C29H34FN7O3. The van der Waals surface area contributed by atoms with E-state index in [4.69, 9.17) is 30.9 Å². The van der Waals surface area contributed by atoms with E-state index >= 15 is 0 Å². The van der Waals surface area contributed by atoms with Crippen molar-refractivity contribution in [2.75, 3.05) is 43.4 Å². The first-order valence-corrected chi connectivity index (χ1v) is 13.9. The van der Waals surface area contributed by atoms with Crippen LogP contribution in [0.5, 0.6) is 6.01 Å². The third-order valence-corrected chi connectivity index (χ3v) is 8.76. The van der Waals surface area contributed by atoms with Crippen molar-refractivity contribution >= 4 is 17.4 Å². The van der Waals surface area contributed by atoms with Crippen LogP contribution in [0.4, 0.5) is 15.9 Å². The number of primary amides is 1. The van der Waals surface area contributed by atoms with Gasteiger partial charge in [-0.1, -0.05) is 6.07 Å². The quantitative estimate of drug-likeness (QED) is 0.539. The van der Waals surface area contributed by atoms with E-state index in [-0.39, 0.29) is 30.0 Å². The van der Waals surface area contributed by atoms with Crippen LogP contribution in [0.2, 0.25) is 0 Å². The highest BCUT2D eigenvalue weighted by atomic mass is 19.1. The number of nitrogen functional groups attached to an aromatic ring is 1. The molecule has 3 fully saturated rings. The highest BCUT2D eigenvalue weighted by Crippen LogP contribution is 2.41. The second kappa shape index (κ2) is 10.6. The van der Waals surface area contributed by atoms with E-state index in [2.05, 4.69) is 11.0 Å². The third-order valence-electron chi connectivity index (χ3n) is 8.76. The largest absolute Gasteiger partial charge is 0.497 e. The maximum atomic E-state index is 14.4. The molecule has 3 saturated heterocycles. The molecule has 210 valence electrons.